The van der Waals surface area contributed by atoms with Crippen molar-refractivity contribution < 1.29 is 29.3 Å². The molecule has 0 spiro atoms. The molecule has 1 aliphatic rings. The zero-order chi connectivity index (χ0) is 15.6. The van der Waals surface area contributed by atoms with E-state index in [9.17, 15) is 19.5 Å². The second-order valence-electron chi connectivity index (χ2n) is 4.84. The van der Waals surface area contributed by atoms with Gasteiger partial charge in [-0.3, -0.25) is 14.4 Å². The van der Waals surface area contributed by atoms with E-state index < -0.39 is 29.8 Å². The zero-order valence-corrected chi connectivity index (χ0v) is 12.4. The topological polar surface area (TPSA) is 101 Å². The molecule has 1 aromatic rings. The lowest BCUT2D eigenvalue weighted by atomic mass is 10.0. The molecule has 1 fully saturated rings. The number of ketones is 1. The maximum absolute atomic E-state index is 12.3. The molecule has 2 N–H and O–H groups in total. The molecule has 0 amide bonds. The number of ether oxygens (including phenoxy) is 1. The highest BCUT2D eigenvalue weighted by atomic mass is 79.9. The van der Waals surface area contributed by atoms with Gasteiger partial charge in [-0.25, -0.2) is 0 Å². The number of aliphatic carboxylic acids is 1. The van der Waals surface area contributed by atoms with Crippen molar-refractivity contribution in [1.82, 2.24) is 0 Å². The van der Waals surface area contributed by atoms with Gasteiger partial charge in [0.1, 0.15) is 6.61 Å². The van der Waals surface area contributed by atoms with E-state index in [2.05, 4.69) is 20.7 Å². The van der Waals surface area contributed by atoms with E-state index in [0.29, 0.717) is 5.56 Å². The lowest BCUT2D eigenvalue weighted by Crippen LogP contribution is -2.21. The van der Waals surface area contributed by atoms with Crippen molar-refractivity contribution in [2.75, 3.05) is 6.61 Å². The summed E-state index contributed by atoms with van der Waals surface area (Å²) in [6.45, 7) is -0.144. The third-order valence-corrected chi connectivity index (χ3v) is 4.10. The third-order valence-electron chi connectivity index (χ3n) is 3.57. The van der Waals surface area contributed by atoms with Crippen molar-refractivity contribution in [3.05, 3.63) is 34.3 Å². The Morgan fingerprint density at radius 1 is 1.29 bits per heavy atom. The monoisotopic (exact) mass is 356 g/mol. The zero-order valence-electron chi connectivity index (χ0n) is 10.8. The molecule has 1 aliphatic carbocycles. The van der Waals surface area contributed by atoms with Gasteiger partial charge in [-0.05, 0) is 12.1 Å². The molecule has 7 heteroatoms. The van der Waals surface area contributed by atoms with Crippen LogP contribution in [0.2, 0.25) is 0 Å². The summed E-state index contributed by atoms with van der Waals surface area (Å²) in [7, 11) is 0. The van der Waals surface area contributed by atoms with Gasteiger partial charge in [0.2, 0.25) is 0 Å². The quantitative estimate of drug-likeness (QED) is 0.560. The van der Waals surface area contributed by atoms with Crippen LogP contribution in [0.5, 0.6) is 0 Å². The average molecular weight is 357 g/mol. The van der Waals surface area contributed by atoms with Gasteiger partial charge in [0.15, 0.2) is 5.78 Å². The molecule has 0 aromatic heterocycles. The number of carbonyl (C=O) groups excluding carboxylic acids is 2. The summed E-state index contributed by atoms with van der Waals surface area (Å²) in [6.07, 6.45) is -1.17. The van der Waals surface area contributed by atoms with E-state index in [1.54, 1.807) is 24.3 Å². The minimum absolute atomic E-state index is 0.174. The van der Waals surface area contributed by atoms with Crippen molar-refractivity contribution in [2.24, 2.45) is 17.8 Å². The molecule has 0 heterocycles. The minimum atomic E-state index is -1.17. The Balaban J connectivity index is 2.13. The number of aliphatic hydroxyl groups excluding tert-OH is 1. The van der Waals surface area contributed by atoms with Crippen LogP contribution in [-0.4, -0.2) is 41.1 Å². The Hall–Kier alpha value is -1.73. The highest BCUT2D eigenvalue weighted by molar-refractivity contribution is 9.10. The fraction of sp³-hybridized carbons (Fsp3) is 0.357. The highest BCUT2D eigenvalue weighted by Crippen LogP contribution is 2.50. The Labute approximate surface area is 128 Å². The Morgan fingerprint density at radius 3 is 2.43 bits per heavy atom. The van der Waals surface area contributed by atoms with E-state index in [4.69, 9.17) is 5.11 Å². The van der Waals surface area contributed by atoms with Crippen molar-refractivity contribution in [3.63, 3.8) is 0 Å². The number of benzene rings is 1. The summed E-state index contributed by atoms with van der Waals surface area (Å²) in [6, 6.07) is 6.56. The second kappa shape index (κ2) is 6.36. The number of hydrogen-bond acceptors (Lipinski definition) is 5. The number of Topliss-reactive ketones (excluding diaryl/α,β-unsaturated/α-hetero) is 1. The van der Waals surface area contributed by atoms with E-state index in [-0.39, 0.29) is 18.9 Å². The SMILES string of the molecule is O=COC[C@@H](O)[C@@H]1[C@H](C(=O)O)[C@H]1C(=O)c1ccc(Br)cc1. The number of rotatable bonds is 7. The lowest BCUT2D eigenvalue weighted by molar-refractivity contribution is -0.139. The molecule has 0 unspecified atom stereocenters. The smallest absolute Gasteiger partial charge is 0.307 e. The number of halogens is 1. The predicted molar refractivity (Wildman–Crippen MR) is 74.6 cm³/mol. The van der Waals surface area contributed by atoms with Crippen molar-refractivity contribution in [3.8, 4) is 0 Å². The summed E-state index contributed by atoms with van der Waals surface area (Å²) < 4.78 is 5.24. The fourth-order valence-corrected chi connectivity index (χ4v) is 2.79. The largest absolute Gasteiger partial charge is 0.481 e. The summed E-state index contributed by atoms with van der Waals surface area (Å²) in [4.78, 5) is 33.6. The maximum Gasteiger partial charge on any atom is 0.307 e. The molecule has 2 rings (SSSR count). The standard InChI is InChI=1S/C14H13BrO6/c15-8-3-1-7(2-4-8)13(18)11-10(12(11)14(19)20)9(17)5-21-6-16/h1-4,6,9-12,17H,5H2,(H,19,20)/t9-,10+,11+,12+/m1/s1. The number of carboxylic acid groups (broad SMARTS) is 1. The van der Waals surface area contributed by atoms with Crippen molar-refractivity contribution in [1.29, 1.82) is 0 Å². The molecule has 0 aliphatic heterocycles. The number of aliphatic hydroxyl groups is 1. The molecule has 6 nitrogen and oxygen atoms in total. The maximum atomic E-state index is 12.3. The second-order valence-corrected chi connectivity index (χ2v) is 5.75. The van der Waals surface area contributed by atoms with E-state index in [1.165, 1.54) is 0 Å². The van der Waals surface area contributed by atoms with Crippen LogP contribution in [0.3, 0.4) is 0 Å². The first-order chi connectivity index (χ1) is 9.97. The summed E-state index contributed by atoms with van der Waals surface area (Å²) in [5.74, 6) is -3.95. The molecule has 0 saturated heterocycles. The van der Waals surface area contributed by atoms with Gasteiger partial charge in [-0.1, -0.05) is 28.1 Å². The van der Waals surface area contributed by atoms with Crippen molar-refractivity contribution in [2.45, 2.75) is 6.10 Å². The van der Waals surface area contributed by atoms with Crippen LogP contribution in [-0.2, 0) is 14.3 Å². The normalized spacial score (nSPS) is 25.0. The predicted octanol–water partition coefficient (Wildman–Crippen LogP) is 1.11. The van der Waals surface area contributed by atoms with Gasteiger partial charge in [-0.15, -0.1) is 0 Å². The number of carboxylic acids is 1. The summed E-state index contributed by atoms with van der Waals surface area (Å²) in [5.41, 5.74) is 0.389. The molecule has 0 radical (unpaired) electrons. The fourth-order valence-electron chi connectivity index (χ4n) is 2.52. The van der Waals surface area contributed by atoms with Crippen LogP contribution in [0.25, 0.3) is 0 Å². The minimum Gasteiger partial charge on any atom is -0.481 e. The number of hydrogen-bond donors (Lipinski definition) is 2. The Bertz CT molecular complexity index is 555. The molecule has 4 atom stereocenters. The molecule has 112 valence electrons. The van der Waals surface area contributed by atoms with Crippen molar-refractivity contribution >= 4 is 34.2 Å². The van der Waals surface area contributed by atoms with Crippen LogP contribution in [0.15, 0.2) is 28.7 Å². The van der Waals surface area contributed by atoms with Crippen LogP contribution >= 0.6 is 15.9 Å². The molecular weight excluding hydrogens is 344 g/mol. The van der Waals surface area contributed by atoms with Gasteiger partial charge in [-0.2, -0.15) is 0 Å². The van der Waals surface area contributed by atoms with Crippen LogP contribution in [0.4, 0.5) is 0 Å². The first-order valence-electron chi connectivity index (χ1n) is 6.23. The number of carbonyl (C=O) groups is 3. The van der Waals surface area contributed by atoms with Gasteiger partial charge < -0.3 is 14.9 Å². The Kier molecular flexibility index (Phi) is 4.74. The van der Waals surface area contributed by atoms with Gasteiger partial charge >= 0.3 is 5.97 Å². The summed E-state index contributed by atoms with van der Waals surface area (Å²) >= 11 is 3.25. The third kappa shape index (κ3) is 3.30. The van der Waals surface area contributed by atoms with E-state index >= 15 is 0 Å². The first-order valence-corrected chi connectivity index (χ1v) is 7.02. The highest BCUT2D eigenvalue weighted by Gasteiger charge is 2.62. The first kappa shape index (κ1) is 15.7. The van der Waals surface area contributed by atoms with Crippen LogP contribution in [0.1, 0.15) is 10.4 Å². The van der Waals surface area contributed by atoms with Crippen LogP contribution in [0, 0.1) is 17.8 Å². The molecule has 1 aromatic carbocycles. The Morgan fingerprint density at radius 2 is 1.90 bits per heavy atom. The van der Waals surface area contributed by atoms with Gasteiger partial charge in [0.25, 0.3) is 6.47 Å². The van der Waals surface area contributed by atoms with Gasteiger partial charge in [0, 0.05) is 21.9 Å². The molecular formula is C14H13BrO6. The van der Waals surface area contributed by atoms with E-state index in [1.807, 2.05) is 0 Å². The molecule has 1 saturated carbocycles. The van der Waals surface area contributed by atoms with E-state index in [0.717, 1.165) is 4.47 Å². The molecule has 0 bridgehead atoms. The average Bonchev–Trinajstić information content (AvgIpc) is 3.20. The van der Waals surface area contributed by atoms with Gasteiger partial charge in [0.05, 0.1) is 12.0 Å². The lowest BCUT2D eigenvalue weighted by Gasteiger charge is -2.08. The summed E-state index contributed by atoms with van der Waals surface area (Å²) in [5, 5.41) is 19.0. The molecule has 21 heavy (non-hydrogen) atoms. The van der Waals surface area contributed by atoms with Crippen LogP contribution < -0.4 is 0 Å².